The van der Waals surface area contributed by atoms with Gasteiger partial charge in [0.15, 0.2) is 16.6 Å². The van der Waals surface area contributed by atoms with Gasteiger partial charge in [0, 0.05) is 16.9 Å². The zero-order chi connectivity index (χ0) is 19.3. The van der Waals surface area contributed by atoms with Gasteiger partial charge in [0.05, 0.1) is 19.9 Å². The lowest BCUT2D eigenvalue weighted by Crippen LogP contribution is -2.49. The number of benzene rings is 1. The lowest BCUT2D eigenvalue weighted by atomic mass is 9.51. The molecule has 1 amide bonds. The molecule has 0 atom stereocenters. The maximum Gasteiger partial charge on any atom is 0.229 e. The van der Waals surface area contributed by atoms with Crippen LogP contribution in [0.3, 0.4) is 0 Å². The highest BCUT2D eigenvalue weighted by Gasteiger charge is 2.50. The van der Waals surface area contributed by atoms with Crippen LogP contribution in [0.1, 0.15) is 32.1 Å². The Balaban J connectivity index is 1.31. The Hall–Kier alpha value is -2.08. The molecule has 4 bridgehead atoms. The number of hydrogen-bond acceptors (Lipinski definition) is 5. The van der Waals surface area contributed by atoms with Gasteiger partial charge in [-0.25, -0.2) is 4.98 Å². The van der Waals surface area contributed by atoms with Crippen molar-refractivity contribution in [2.24, 2.45) is 29.6 Å². The molecule has 0 saturated heterocycles. The molecule has 4 aliphatic rings. The number of nitrogens with one attached hydrogen (secondary N) is 1. The van der Waals surface area contributed by atoms with Crippen molar-refractivity contribution in [3.63, 3.8) is 0 Å². The molecular formula is C22H26N2O3S. The summed E-state index contributed by atoms with van der Waals surface area (Å²) in [7, 11) is 3.25. The molecule has 0 spiro atoms. The van der Waals surface area contributed by atoms with Gasteiger partial charge in [-0.3, -0.25) is 4.79 Å². The Kier molecular flexibility index (Phi) is 4.54. The zero-order valence-corrected chi connectivity index (χ0v) is 17.1. The van der Waals surface area contributed by atoms with Crippen LogP contribution in [0.15, 0.2) is 23.6 Å². The van der Waals surface area contributed by atoms with Gasteiger partial charge in [-0.05, 0) is 74.0 Å². The number of rotatable bonds is 5. The standard InChI is InChI=1S/C22H26N2O3S/c1-26-18-4-3-14(10-19(18)27-2)17-11-28-22(23-17)24-21(25)20-15-6-12-5-13(8-15)9-16(20)7-12/h3-4,10-13,15-16,20H,5-9H2,1-2H3,(H,23,24,25). The second kappa shape index (κ2) is 7.07. The fourth-order valence-corrected chi connectivity index (χ4v) is 6.72. The fourth-order valence-electron chi connectivity index (χ4n) is 6.00. The molecule has 1 aromatic carbocycles. The number of amides is 1. The van der Waals surface area contributed by atoms with Crippen LogP contribution >= 0.6 is 11.3 Å². The van der Waals surface area contributed by atoms with Crippen molar-refractivity contribution in [1.29, 1.82) is 0 Å². The highest BCUT2D eigenvalue weighted by Crippen LogP contribution is 2.56. The molecule has 4 saturated carbocycles. The number of carbonyl (C=O) groups is 1. The molecule has 1 N–H and O–H groups in total. The molecule has 148 valence electrons. The van der Waals surface area contributed by atoms with Crippen LogP contribution in [0, 0.1) is 29.6 Å². The highest BCUT2D eigenvalue weighted by atomic mass is 32.1. The van der Waals surface area contributed by atoms with E-state index in [1.807, 2.05) is 23.6 Å². The van der Waals surface area contributed by atoms with E-state index in [4.69, 9.17) is 9.47 Å². The Morgan fingerprint density at radius 2 is 1.71 bits per heavy atom. The topological polar surface area (TPSA) is 60.5 Å². The lowest BCUT2D eigenvalue weighted by Gasteiger charge is -2.53. The largest absolute Gasteiger partial charge is 0.493 e. The highest BCUT2D eigenvalue weighted by molar-refractivity contribution is 7.14. The van der Waals surface area contributed by atoms with E-state index in [0.717, 1.165) is 23.1 Å². The van der Waals surface area contributed by atoms with Crippen molar-refractivity contribution in [1.82, 2.24) is 4.98 Å². The number of carbonyl (C=O) groups excluding carboxylic acids is 1. The summed E-state index contributed by atoms with van der Waals surface area (Å²) in [5, 5.41) is 5.79. The van der Waals surface area contributed by atoms with Crippen molar-refractivity contribution in [3.8, 4) is 22.8 Å². The van der Waals surface area contributed by atoms with Gasteiger partial charge in [-0.1, -0.05) is 0 Å². The molecule has 6 rings (SSSR count). The average molecular weight is 399 g/mol. The van der Waals surface area contributed by atoms with Crippen LogP contribution in [0.5, 0.6) is 11.5 Å². The van der Waals surface area contributed by atoms with Crippen LogP contribution in [0.2, 0.25) is 0 Å². The van der Waals surface area contributed by atoms with Crippen molar-refractivity contribution < 1.29 is 14.3 Å². The Morgan fingerprint density at radius 1 is 1.04 bits per heavy atom. The molecule has 28 heavy (non-hydrogen) atoms. The zero-order valence-electron chi connectivity index (χ0n) is 16.3. The first-order valence-electron chi connectivity index (χ1n) is 10.1. The number of thiazole rings is 1. The van der Waals surface area contributed by atoms with Crippen LogP contribution in [0.25, 0.3) is 11.3 Å². The van der Waals surface area contributed by atoms with Crippen molar-refractivity contribution in [3.05, 3.63) is 23.6 Å². The van der Waals surface area contributed by atoms with Crippen molar-refractivity contribution in [2.45, 2.75) is 32.1 Å². The second-order valence-electron chi connectivity index (χ2n) is 8.55. The van der Waals surface area contributed by atoms with Gasteiger partial charge in [0.1, 0.15) is 0 Å². The van der Waals surface area contributed by atoms with Crippen LogP contribution in [-0.2, 0) is 4.79 Å². The summed E-state index contributed by atoms with van der Waals surface area (Å²) in [4.78, 5) is 17.7. The minimum Gasteiger partial charge on any atom is -0.493 e. The molecule has 6 heteroatoms. The molecule has 1 aromatic heterocycles. The van der Waals surface area contributed by atoms with E-state index in [0.29, 0.717) is 28.5 Å². The molecule has 0 aliphatic heterocycles. The van der Waals surface area contributed by atoms with Crippen LogP contribution < -0.4 is 14.8 Å². The van der Waals surface area contributed by atoms with Gasteiger partial charge >= 0.3 is 0 Å². The Labute approximate surface area is 169 Å². The quantitative estimate of drug-likeness (QED) is 0.783. The minimum atomic E-state index is 0.182. The molecule has 5 nitrogen and oxygen atoms in total. The van der Waals surface area contributed by atoms with E-state index in [1.165, 1.54) is 43.4 Å². The third-order valence-electron chi connectivity index (χ3n) is 6.94. The van der Waals surface area contributed by atoms with Gasteiger partial charge in [-0.2, -0.15) is 0 Å². The average Bonchev–Trinajstić information content (AvgIpc) is 3.15. The molecule has 0 unspecified atom stereocenters. The molecule has 0 radical (unpaired) electrons. The first-order chi connectivity index (χ1) is 13.6. The van der Waals surface area contributed by atoms with Crippen LogP contribution in [0.4, 0.5) is 5.13 Å². The maximum absolute atomic E-state index is 13.1. The summed E-state index contributed by atoms with van der Waals surface area (Å²) in [6.45, 7) is 0. The maximum atomic E-state index is 13.1. The van der Waals surface area contributed by atoms with E-state index >= 15 is 0 Å². The molecule has 2 aromatic rings. The number of ether oxygens (including phenoxy) is 2. The van der Waals surface area contributed by atoms with E-state index < -0.39 is 0 Å². The first-order valence-corrected chi connectivity index (χ1v) is 11.0. The predicted molar refractivity (Wildman–Crippen MR) is 110 cm³/mol. The van der Waals surface area contributed by atoms with Gasteiger partial charge in [-0.15, -0.1) is 11.3 Å². The SMILES string of the molecule is COc1ccc(-c2csc(NC(=O)C3C4CC5CC(C4)CC3C5)n2)cc1OC. The van der Waals surface area contributed by atoms with Gasteiger partial charge in [0.2, 0.25) is 5.91 Å². The Bertz CT molecular complexity index is 866. The number of methoxy groups -OCH3 is 2. The minimum absolute atomic E-state index is 0.182. The van der Waals surface area contributed by atoms with Gasteiger partial charge in [0.25, 0.3) is 0 Å². The Morgan fingerprint density at radius 3 is 2.36 bits per heavy atom. The van der Waals surface area contributed by atoms with Gasteiger partial charge < -0.3 is 14.8 Å². The van der Waals surface area contributed by atoms with Crippen LogP contribution in [-0.4, -0.2) is 25.1 Å². The van der Waals surface area contributed by atoms with E-state index in [2.05, 4.69) is 10.3 Å². The number of aromatic nitrogens is 1. The number of hydrogen-bond donors (Lipinski definition) is 1. The molecule has 4 fully saturated rings. The summed E-state index contributed by atoms with van der Waals surface area (Å²) >= 11 is 1.48. The summed E-state index contributed by atoms with van der Waals surface area (Å²) in [6, 6.07) is 5.75. The normalized spacial score (nSPS) is 30.3. The predicted octanol–water partition coefficient (Wildman–Crippen LogP) is 4.84. The third-order valence-corrected chi connectivity index (χ3v) is 7.70. The monoisotopic (exact) mass is 398 g/mol. The van der Waals surface area contributed by atoms with E-state index in [9.17, 15) is 4.79 Å². The summed E-state index contributed by atoms with van der Waals surface area (Å²) < 4.78 is 10.7. The fraction of sp³-hybridized carbons (Fsp3) is 0.545. The first kappa shape index (κ1) is 18.0. The smallest absolute Gasteiger partial charge is 0.229 e. The molecule has 4 aliphatic carbocycles. The second-order valence-corrected chi connectivity index (χ2v) is 9.41. The number of anilines is 1. The third kappa shape index (κ3) is 3.08. The van der Waals surface area contributed by atoms with Crippen molar-refractivity contribution >= 4 is 22.4 Å². The summed E-state index contributed by atoms with van der Waals surface area (Å²) in [5.41, 5.74) is 1.79. The van der Waals surface area contributed by atoms with Crippen molar-refractivity contribution in [2.75, 3.05) is 19.5 Å². The molecular weight excluding hydrogens is 372 g/mol. The van der Waals surface area contributed by atoms with E-state index in [1.54, 1.807) is 14.2 Å². The summed E-state index contributed by atoms with van der Waals surface area (Å²) in [5.74, 6) is 4.65. The molecule has 1 heterocycles. The van der Waals surface area contributed by atoms with E-state index in [-0.39, 0.29) is 11.8 Å². The summed E-state index contributed by atoms with van der Waals surface area (Å²) in [6.07, 6.45) is 6.40. The lowest BCUT2D eigenvalue weighted by molar-refractivity contribution is -0.132. The number of nitrogens with zero attached hydrogens (tertiary/aromatic N) is 1.